The van der Waals surface area contributed by atoms with Crippen molar-refractivity contribution in [2.24, 2.45) is 0 Å². The number of carbonyl (C=O) groups excluding carboxylic acids is 1. The summed E-state index contributed by atoms with van der Waals surface area (Å²) in [6.45, 7) is 0. The lowest BCUT2D eigenvalue weighted by Gasteiger charge is -2.10. The van der Waals surface area contributed by atoms with Crippen LogP contribution in [0, 0.1) is 0 Å². The third-order valence-corrected chi connectivity index (χ3v) is 3.43. The summed E-state index contributed by atoms with van der Waals surface area (Å²) in [5.41, 5.74) is 1.18. The number of aliphatic hydroxyl groups is 2. The molecule has 1 saturated carbocycles. The molecule has 4 heteroatoms. The summed E-state index contributed by atoms with van der Waals surface area (Å²) in [6, 6.07) is 7.17. The summed E-state index contributed by atoms with van der Waals surface area (Å²) in [5.74, 6) is -0.657. The van der Waals surface area contributed by atoms with Gasteiger partial charge in [0.25, 0.3) is 0 Å². The quantitative estimate of drug-likeness (QED) is 0.774. The van der Waals surface area contributed by atoms with Crippen LogP contribution in [0.2, 0.25) is 0 Å². The molecule has 0 heterocycles. The van der Waals surface area contributed by atoms with Crippen molar-refractivity contribution in [2.45, 2.75) is 37.4 Å². The van der Waals surface area contributed by atoms with Gasteiger partial charge < -0.3 is 14.9 Å². The molecule has 1 unspecified atom stereocenters. The van der Waals surface area contributed by atoms with Crippen molar-refractivity contribution in [3.8, 4) is 0 Å². The maximum Gasteiger partial charge on any atom is 0.339 e. The molecule has 1 atom stereocenters. The molecule has 0 bridgehead atoms. The molecule has 0 spiro atoms. The predicted octanol–water partition coefficient (Wildman–Crippen LogP) is 1.35. The summed E-state index contributed by atoms with van der Waals surface area (Å²) in [6.07, 6.45) is 2.15. The normalized spacial score (nSPS) is 18.2. The fraction of sp³-hybridized carbons (Fsp3) is 0.500. The number of hydrogen-bond acceptors (Lipinski definition) is 4. The Morgan fingerprint density at radius 2 is 2.00 bits per heavy atom. The molecule has 98 valence electrons. The van der Waals surface area contributed by atoms with Crippen LogP contribution < -0.4 is 0 Å². The van der Waals surface area contributed by atoms with E-state index in [1.165, 1.54) is 7.11 Å². The van der Waals surface area contributed by atoms with E-state index >= 15 is 0 Å². The van der Waals surface area contributed by atoms with Crippen molar-refractivity contribution in [2.75, 3.05) is 7.11 Å². The minimum absolute atomic E-state index is 0.440. The van der Waals surface area contributed by atoms with Gasteiger partial charge in [0, 0.05) is 0 Å². The molecule has 4 nitrogen and oxygen atoms in total. The number of ether oxygens (including phenoxy) is 1. The lowest BCUT2D eigenvalue weighted by atomic mass is 10.0. The molecule has 1 aliphatic rings. The van der Waals surface area contributed by atoms with Crippen molar-refractivity contribution in [1.82, 2.24) is 0 Å². The lowest BCUT2D eigenvalue weighted by Crippen LogP contribution is -2.13. The summed E-state index contributed by atoms with van der Waals surface area (Å²) < 4.78 is 4.48. The second kappa shape index (κ2) is 5.08. The smallest absolute Gasteiger partial charge is 0.339 e. The van der Waals surface area contributed by atoms with E-state index in [9.17, 15) is 15.0 Å². The molecule has 1 aliphatic carbocycles. The molecule has 18 heavy (non-hydrogen) atoms. The highest BCUT2D eigenvalue weighted by molar-refractivity contribution is 5.76. The van der Waals surface area contributed by atoms with Gasteiger partial charge in [-0.3, -0.25) is 0 Å². The van der Waals surface area contributed by atoms with E-state index < -0.39 is 17.7 Å². The topological polar surface area (TPSA) is 66.8 Å². The first-order chi connectivity index (χ1) is 8.54. The van der Waals surface area contributed by atoms with Crippen molar-refractivity contribution >= 4 is 5.97 Å². The molecule has 0 saturated heterocycles. The van der Waals surface area contributed by atoms with Crippen LogP contribution in [-0.2, 0) is 16.0 Å². The monoisotopic (exact) mass is 250 g/mol. The van der Waals surface area contributed by atoms with Crippen molar-refractivity contribution < 1.29 is 19.7 Å². The van der Waals surface area contributed by atoms with E-state index in [1.807, 2.05) is 12.1 Å². The van der Waals surface area contributed by atoms with Gasteiger partial charge in [-0.05, 0) is 36.8 Å². The highest BCUT2D eigenvalue weighted by Crippen LogP contribution is 2.39. The first-order valence-corrected chi connectivity index (χ1v) is 6.11. The standard InChI is InChI=1S/C14H18O4/c1-18-13(16)12(15)11-4-2-10(3-5-11)6-7-14(17)8-9-14/h2-5,12,15,17H,6-9H2,1H3. The van der Waals surface area contributed by atoms with Gasteiger partial charge in [0.2, 0.25) is 0 Å². The highest BCUT2D eigenvalue weighted by Gasteiger charge is 2.39. The first kappa shape index (κ1) is 13.1. The molecule has 0 aromatic heterocycles. The van der Waals surface area contributed by atoms with Gasteiger partial charge in [-0.15, -0.1) is 0 Å². The molecule has 1 aromatic carbocycles. The van der Waals surface area contributed by atoms with Crippen molar-refractivity contribution in [1.29, 1.82) is 0 Å². The second-order valence-corrected chi connectivity index (χ2v) is 4.89. The zero-order chi connectivity index (χ0) is 13.2. The van der Waals surface area contributed by atoms with Gasteiger partial charge in [0.05, 0.1) is 12.7 Å². The van der Waals surface area contributed by atoms with E-state index in [0.717, 1.165) is 31.2 Å². The van der Waals surface area contributed by atoms with Gasteiger partial charge in [-0.25, -0.2) is 4.79 Å². The molecule has 0 amide bonds. The average molecular weight is 250 g/mol. The van der Waals surface area contributed by atoms with E-state index in [-0.39, 0.29) is 0 Å². The molecular weight excluding hydrogens is 232 g/mol. The minimum Gasteiger partial charge on any atom is -0.467 e. The van der Waals surface area contributed by atoms with Crippen LogP contribution in [0.3, 0.4) is 0 Å². The minimum atomic E-state index is -1.23. The molecule has 1 fully saturated rings. The highest BCUT2D eigenvalue weighted by atomic mass is 16.5. The van der Waals surface area contributed by atoms with Crippen molar-refractivity contribution in [3.63, 3.8) is 0 Å². The van der Waals surface area contributed by atoms with Crippen LogP contribution in [0.5, 0.6) is 0 Å². The number of aliphatic hydroxyl groups excluding tert-OH is 1. The summed E-state index contributed by atoms with van der Waals surface area (Å²) >= 11 is 0. The fourth-order valence-electron chi connectivity index (χ4n) is 1.89. The maximum atomic E-state index is 11.2. The zero-order valence-electron chi connectivity index (χ0n) is 10.4. The largest absolute Gasteiger partial charge is 0.467 e. The number of methoxy groups -OCH3 is 1. The maximum absolute atomic E-state index is 11.2. The number of carbonyl (C=O) groups is 1. The summed E-state index contributed by atoms with van der Waals surface area (Å²) in [7, 11) is 1.25. The fourth-order valence-corrected chi connectivity index (χ4v) is 1.89. The predicted molar refractivity (Wildman–Crippen MR) is 65.9 cm³/mol. The Balaban J connectivity index is 1.94. The Bertz CT molecular complexity index is 420. The van der Waals surface area contributed by atoms with Crippen LogP contribution >= 0.6 is 0 Å². The van der Waals surface area contributed by atoms with Gasteiger partial charge in [-0.2, -0.15) is 0 Å². The summed E-state index contributed by atoms with van der Waals surface area (Å²) in [5, 5.41) is 19.4. The number of rotatable bonds is 5. The number of benzene rings is 1. The third-order valence-electron chi connectivity index (χ3n) is 3.43. The summed E-state index contributed by atoms with van der Waals surface area (Å²) in [4.78, 5) is 11.2. The third kappa shape index (κ3) is 3.09. The van der Waals surface area contributed by atoms with Crippen LogP contribution in [0.4, 0.5) is 0 Å². The Morgan fingerprint density at radius 1 is 1.39 bits per heavy atom. The average Bonchev–Trinajstić information content (AvgIpc) is 3.14. The molecule has 1 aromatic rings. The van der Waals surface area contributed by atoms with Gasteiger partial charge >= 0.3 is 5.97 Å². The first-order valence-electron chi connectivity index (χ1n) is 6.11. The Hall–Kier alpha value is -1.39. The molecule has 0 radical (unpaired) electrons. The second-order valence-electron chi connectivity index (χ2n) is 4.89. The van der Waals surface area contributed by atoms with Gasteiger partial charge in [0.1, 0.15) is 0 Å². The van der Waals surface area contributed by atoms with Crippen LogP contribution in [0.1, 0.15) is 36.5 Å². The molecule has 2 rings (SSSR count). The molecular formula is C14H18O4. The van der Waals surface area contributed by atoms with Crippen molar-refractivity contribution in [3.05, 3.63) is 35.4 Å². The lowest BCUT2D eigenvalue weighted by molar-refractivity contribution is -0.150. The van der Waals surface area contributed by atoms with Crippen LogP contribution in [0.15, 0.2) is 24.3 Å². The number of esters is 1. The Labute approximate surface area is 106 Å². The van der Waals surface area contributed by atoms with Crippen LogP contribution in [-0.4, -0.2) is 28.9 Å². The van der Waals surface area contributed by atoms with E-state index in [1.54, 1.807) is 12.1 Å². The SMILES string of the molecule is COC(=O)C(O)c1ccc(CCC2(O)CC2)cc1. The Morgan fingerprint density at radius 3 is 2.50 bits per heavy atom. The number of hydrogen-bond donors (Lipinski definition) is 2. The van der Waals surface area contributed by atoms with Crippen LogP contribution in [0.25, 0.3) is 0 Å². The van der Waals surface area contributed by atoms with Gasteiger partial charge in [0.15, 0.2) is 6.10 Å². The van der Waals surface area contributed by atoms with E-state index in [2.05, 4.69) is 4.74 Å². The van der Waals surface area contributed by atoms with Gasteiger partial charge in [-0.1, -0.05) is 24.3 Å². The number of aryl methyl sites for hydroxylation is 1. The molecule has 2 N–H and O–H groups in total. The Kier molecular flexibility index (Phi) is 3.68. The van der Waals surface area contributed by atoms with E-state index in [0.29, 0.717) is 5.56 Å². The zero-order valence-corrected chi connectivity index (χ0v) is 10.4. The molecule has 0 aliphatic heterocycles. The van der Waals surface area contributed by atoms with E-state index in [4.69, 9.17) is 0 Å².